The van der Waals surface area contributed by atoms with E-state index >= 15 is 0 Å². The van der Waals surface area contributed by atoms with Crippen LogP contribution in [0, 0.1) is 19.8 Å². The zero-order chi connectivity index (χ0) is 12.6. The average molecular weight is 236 g/mol. The summed E-state index contributed by atoms with van der Waals surface area (Å²) in [5.74, 6) is 1.19. The summed E-state index contributed by atoms with van der Waals surface area (Å²) in [4.78, 5) is 14.5. The molecule has 0 aliphatic heterocycles. The highest BCUT2D eigenvalue weighted by molar-refractivity contribution is 5.96. The number of aromatic nitrogens is 1. The minimum absolute atomic E-state index is 0.0810. The molecule has 1 heterocycles. The van der Waals surface area contributed by atoms with Gasteiger partial charge in [-0.15, -0.1) is 0 Å². The fraction of sp³-hybridized carbons (Fsp3) is 0.692. The first-order valence-electron chi connectivity index (χ1n) is 6.24. The highest BCUT2D eigenvalue weighted by Gasteiger charge is 2.35. The Hall–Kier alpha value is -1.32. The first-order valence-corrected chi connectivity index (χ1v) is 6.24. The fourth-order valence-corrected chi connectivity index (χ4v) is 2.11. The summed E-state index contributed by atoms with van der Waals surface area (Å²) in [6.45, 7) is 8.71. The SMILES string of the molecule is Cc1noc(C)c1C(=O)N(CC(C)C)C1CC1. The Balaban J connectivity index is 2.21. The molecule has 1 amide bonds. The van der Waals surface area contributed by atoms with Crippen LogP contribution < -0.4 is 0 Å². The topological polar surface area (TPSA) is 46.3 Å². The van der Waals surface area contributed by atoms with Gasteiger partial charge < -0.3 is 9.42 Å². The predicted molar refractivity (Wildman–Crippen MR) is 64.9 cm³/mol. The van der Waals surface area contributed by atoms with Crippen molar-refractivity contribution in [2.24, 2.45) is 5.92 Å². The molecule has 0 unspecified atom stereocenters. The molecule has 1 fully saturated rings. The van der Waals surface area contributed by atoms with Crippen molar-refractivity contribution >= 4 is 5.91 Å². The third kappa shape index (κ3) is 2.51. The van der Waals surface area contributed by atoms with Crippen LogP contribution in [0.1, 0.15) is 48.5 Å². The first kappa shape index (κ1) is 12.1. The summed E-state index contributed by atoms with van der Waals surface area (Å²) >= 11 is 0. The number of carbonyl (C=O) groups excluding carboxylic acids is 1. The molecule has 2 rings (SSSR count). The summed E-state index contributed by atoms with van der Waals surface area (Å²) in [5, 5.41) is 3.86. The maximum atomic E-state index is 12.5. The molecule has 17 heavy (non-hydrogen) atoms. The van der Waals surface area contributed by atoms with E-state index in [1.165, 1.54) is 0 Å². The Bertz CT molecular complexity index is 400. The molecular formula is C13H20N2O2. The van der Waals surface area contributed by atoms with Crippen LogP contribution in [0.25, 0.3) is 0 Å². The summed E-state index contributed by atoms with van der Waals surface area (Å²) in [6.07, 6.45) is 2.25. The van der Waals surface area contributed by atoms with Crippen molar-refractivity contribution in [3.63, 3.8) is 0 Å². The highest BCUT2D eigenvalue weighted by atomic mass is 16.5. The van der Waals surface area contributed by atoms with Gasteiger partial charge in [0.05, 0.1) is 5.69 Å². The fourth-order valence-electron chi connectivity index (χ4n) is 2.11. The smallest absolute Gasteiger partial charge is 0.259 e. The second kappa shape index (κ2) is 4.51. The Kier molecular flexibility index (Phi) is 3.22. The van der Waals surface area contributed by atoms with Crippen LogP contribution in [0.3, 0.4) is 0 Å². The molecule has 0 atom stereocenters. The molecule has 0 spiro atoms. The summed E-state index contributed by atoms with van der Waals surface area (Å²) in [5.41, 5.74) is 1.35. The molecule has 0 radical (unpaired) electrons. The van der Waals surface area contributed by atoms with Crippen molar-refractivity contribution < 1.29 is 9.32 Å². The lowest BCUT2D eigenvalue weighted by molar-refractivity contribution is 0.0720. The maximum Gasteiger partial charge on any atom is 0.259 e. The molecule has 1 aromatic rings. The van der Waals surface area contributed by atoms with E-state index in [1.807, 2.05) is 11.8 Å². The molecule has 94 valence electrons. The average Bonchev–Trinajstić information content (AvgIpc) is 3.02. The van der Waals surface area contributed by atoms with Gasteiger partial charge in [-0.05, 0) is 32.6 Å². The van der Waals surface area contributed by atoms with E-state index in [4.69, 9.17) is 4.52 Å². The van der Waals surface area contributed by atoms with Gasteiger partial charge in [-0.2, -0.15) is 0 Å². The van der Waals surface area contributed by atoms with Crippen molar-refractivity contribution in [3.05, 3.63) is 17.0 Å². The Morgan fingerprint density at radius 1 is 1.47 bits per heavy atom. The highest BCUT2D eigenvalue weighted by Crippen LogP contribution is 2.30. The van der Waals surface area contributed by atoms with Gasteiger partial charge in [0.2, 0.25) is 0 Å². The van der Waals surface area contributed by atoms with Gasteiger partial charge in [0.15, 0.2) is 0 Å². The molecule has 4 heteroatoms. The summed E-state index contributed by atoms with van der Waals surface area (Å²) < 4.78 is 5.07. The third-order valence-corrected chi connectivity index (χ3v) is 3.06. The minimum atomic E-state index is 0.0810. The van der Waals surface area contributed by atoms with Gasteiger partial charge >= 0.3 is 0 Å². The van der Waals surface area contributed by atoms with Crippen LogP contribution in [-0.4, -0.2) is 28.6 Å². The second-order valence-corrected chi connectivity index (χ2v) is 5.28. The van der Waals surface area contributed by atoms with Crippen LogP contribution >= 0.6 is 0 Å². The lowest BCUT2D eigenvalue weighted by Gasteiger charge is -2.24. The van der Waals surface area contributed by atoms with Gasteiger partial charge in [0.1, 0.15) is 11.3 Å². The molecule has 0 aromatic carbocycles. The molecule has 1 saturated carbocycles. The third-order valence-electron chi connectivity index (χ3n) is 3.06. The van der Waals surface area contributed by atoms with Crippen LogP contribution in [0.15, 0.2) is 4.52 Å². The molecule has 1 aliphatic carbocycles. The van der Waals surface area contributed by atoms with Gasteiger partial charge in [-0.3, -0.25) is 4.79 Å². The van der Waals surface area contributed by atoms with E-state index in [9.17, 15) is 4.79 Å². The normalized spacial score (nSPS) is 15.4. The van der Waals surface area contributed by atoms with E-state index in [2.05, 4.69) is 19.0 Å². The van der Waals surface area contributed by atoms with Crippen LogP contribution in [-0.2, 0) is 0 Å². The number of amides is 1. The minimum Gasteiger partial charge on any atom is -0.361 e. The molecule has 0 bridgehead atoms. The Morgan fingerprint density at radius 2 is 2.12 bits per heavy atom. The van der Waals surface area contributed by atoms with Crippen molar-refractivity contribution in [1.82, 2.24) is 10.1 Å². The van der Waals surface area contributed by atoms with Crippen molar-refractivity contribution in [2.45, 2.75) is 46.6 Å². The van der Waals surface area contributed by atoms with Crippen LogP contribution in [0.5, 0.6) is 0 Å². The molecule has 1 aliphatic rings. The monoisotopic (exact) mass is 236 g/mol. The van der Waals surface area contributed by atoms with E-state index in [-0.39, 0.29) is 5.91 Å². The van der Waals surface area contributed by atoms with Crippen molar-refractivity contribution in [2.75, 3.05) is 6.54 Å². The zero-order valence-electron chi connectivity index (χ0n) is 11.0. The number of hydrogen-bond donors (Lipinski definition) is 0. The van der Waals surface area contributed by atoms with E-state index in [1.54, 1.807) is 6.92 Å². The lowest BCUT2D eigenvalue weighted by Crippen LogP contribution is -2.36. The number of aryl methyl sites for hydroxylation is 2. The van der Waals surface area contributed by atoms with Gasteiger partial charge in [-0.25, -0.2) is 0 Å². The quantitative estimate of drug-likeness (QED) is 0.807. The molecule has 1 aromatic heterocycles. The predicted octanol–water partition coefficient (Wildman–Crippen LogP) is 2.55. The molecule has 0 saturated heterocycles. The summed E-state index contributed by atoms with van der Waals surface area (Å²) in [6, 6.07) is 0.429. The van der Waals surface area contributed by atoms with Crippen LogP contribution in [0.2, 0.25) is 0 Å². The molecular weight excluding hydrogens is 216 g/mol. The van der Waals surface area contributed by atoms with Crippen molar-refractivity contribution in [3.8, 4) is 0 Å². The molecule has 4 nitrogen and oxygen atoms in total. The standard InChI is InChI=1S/C13H20N2O2/c1-8(2)7-15(11-5-6-11)13(16)12-9(3)14-17-10(12)4/h8,11H,5-7H2,1-4H3. The maximum absolute atomic E-state index is 12.5. The Labute approximate surface area is 102 Å². The lowest BCUT2D eigenvalue weighted by atomic mass is 10.1. The van der Waals surface area contributed by atoms with E-state index in [0.29, 0.717) is 29.0 Å². The zero-order valence-corrected chi connectivity index (χ0v) is 11.0. The summed E-state index contributed by atoms with van der Waals surface area (Å²) in [7, 11) is 0. The van der Waals surface area contributed by atoms with Gasteiger partial charge in [0.25, 0.3) is 5.91 Å². The van der Waals surface area contributed by atoms with Gasteiger partial charge in [-0.1, -0.05) is 19.0 Å². The number of nitrogens with zero attached hydrogens (tertiary/aromatic N) is 2. The first-order chi connectivity index (χ1) is 8.00. The number of carbonyl (C=O) groups is 1. The number of rotatable bonds is 4. The number of hydrogen-bond acceptors (Lipinski definition) is 3. The van der Waals surface area contributed by atoms with E-state index in [0.717, 1.165) is 19.4 Å². The van der Waals surface area contributed by atoms with E-state index < -0.39 is 0 Å². The largest absolute Gasteiger partial charge is 0.361 e. The second-order valence-electron chi connectivity index (χ2n) is 5.28. The van der Waals surface area contributed by atoms with Crippen molar-refractivity contribution in [1.29, 1.82) is 0 Å². The van der Waals surface area contributed by atoms with Crippen LogP contribution in [0.4, 0.5) is 0 Å². The van der Waals surface area contributed by atoms with Gasteiger partial charge in [0, 0.05) is 12.6 Å². The Morgan fingerprint density at radius 3 is 2.53 bits per heavy atom. The molecule has 0 N–H and O–H groups in total.